The molecule has 0 amide bonds. The van der Waals surface area contributed by atoms with Crippen molar-refractivity contribution in [1.29, 1.82) is 0 Å². The van der Waals surface area contributed by atoms with Gasteiger partial charge in [0.2, 0.25) is 0 Å². The van der Waals surface area contributed by atoms with Crippen LogP contribution in [0, 0.1) is 6.92 Å². The van der Waals surface area contributed by atoms with Crippen LogP contribution in [-0.4, -0.2) is 18.6 Å². The Labute approximate surface area is 173 Å². The number of ether oxygens (including phenoxy) is 1. The fourth-order valence-electron chi connectivity index (χ4n) is 4.21. The number of nitrogens with zero attached hydrogens (tertiary/aromatic N) is 1. The summed E-state index contributed by atoms with van der Waals surface area (Å²) in [4.78, 5) is 2.22. The van der Waals surface area contributed by atoms with Crippen molar-refractivity contribution >= 4 is 23.8 Å². The van der Waals surface area contributed by atoms with Gasteiger partial charge in [0, 0.05) is 21.7 Å². The normalized spacial score (nSPS) is 18.6. The first-order valence-electron chi connectivity index (χ1n) is 9.97. The lowest BCUT2D eigenvalue weighted by atomic mass is 9.98. The van der Waals surface area contributed by atoms with E-state index in [0.717, 1.165) is 39.1 Å². The first-order chi connectivity index (χ1) is 13.8. The molecule has 150 valence electrons. The second kappa shape index (κ2) is 7.07. The minimum absolute atomic E-state index is 0.350. The summed E-state index contributed by atoms with van der Waals surface area (Å²) in [6.45, 7) is 8.37. The zero-order chi connectivity index (χ0) is 20.8. The summed E-state index contributed by atoms with van der Waals surface area (Å²) in [7, 11) is -1.05. The Hall–Kier alpha value is -2.51. The molecule has 0 aliphatic carbocycles. The van der Waals surface area contributed by atoms with Crippen molar-refractivity contribution < 1.29 is 9.30 Å². The quantitative estimate of drug-likeness (QED) is 0.462. The Bertz CT molecular complexity index is 1100. The highest BCUT2D eigenvalue weighted by atomic mass is 31.2. The zero-order valence-electron chi connectivity index (χ0n) is 17.8. The predicted molar refractivity (Wildman–Crippen MR) is 124 cm³/mol. The highest BCUT2D eigenvalue weighted by Crippen LogP contribution is 2.65. The van der Waals surface area contributed by atoms with E-state index in [1.807, 2.05) is 30.3 Å². The average molecular weight is 405 g/mol. The van der Waals surface area contributed by atoms with Gasteiger partial charge in [-0.3, -0.25) is 0 Å². The third-order valence-corrected chi connectivity index (χ3v) is 9.92. The van der Waals surface area contributed by atoms with E-state index in [9.17, 15) is 4.57 Å². The van der Waals surface area contributed by atoms with Gasteiger partial charge in [-0.15, -0.1) is 0 Å². The SMILES string of the molecule is COc1cccc(C)c1-c1cccc2c1P(=O)(C(C)(C)C)CN2c1ccccc1. The van der Waals surface area contributed by atoms with Crippen molar-refractivity contribution in [2.24, 2.45) is 0 Å². The minimum Gasteiger partial charge on any atom is -0.496 e. The Morgan fingerprint density at radius 1 is 0.931 bits per heavy atom. The third kappa shape index (κ3) is 3.09. The lowest BCUT2D eigenvalue weighted by molar-refractivity contribution is 0.416. The summed E-state index contributed by atoms with van der Waals surface area (Å²) in [5.74, 6) is 0.817. The molecule has 1 atom stereocenters. The molecule has 0 aromatic heterocycles. The monoisotopic (exact) mass is 405 g/mol. The van der Waals surface area contributed by atoms with Crippen molar-refractivity contribution in [3.05, 3.63) is 72.3 Å². The molecule has 0 fully saturated rings. The third-order valence-electron chi connectivity index (χ3n) is 5.88. The molecule has 1 aliphatic heterocycles. The highest BCUT2D eigenvalue weighted by molar-refractivity contribution is 7.74. The summed E-state index contributed by atoms with van der Waals surface area (Å²) < 4.78 is 20.4. The minimum atomic E-state index is -2.75. The van der Waals surface area contributed by atoms with E-state index in [-0.39, 0.29) is 5.16 Å². The van der Waals surface area contributed by atoms with Crippen LogP contribution in [-0.2, 0) is 4.57 Å². The van der Waals surface area contributed by atoms with Gasteiger partial charge in [-0.1, -0.05) is 63.2 Å². The Morgan fingerprint density at radius 3 is 2.28 bits per heavy atom. The molecule has 4 heteroatoms. The van der Waals surface area contributed by atoms with Gasteiger partial charge >= 0.3 is 0 Å². The molecule has 0 spiro atoms. The molecule has 0 saturated carbocycles. The molecule has 3 nitrogen and oxygen atoms in total. The van der Waals surface area contributed by atoms with E-state index in [1.54, 1.807) is 7.11 Å². The molecule has 3 aromatic carbocycles. The zero-order valence-corrected chi connectivity index (χ0v) is 18.7. The van der Waals surface area contributed by atoms with Crippen molar-refractivity contribution in [2.75, 3.05) is 18.3 Å². The van der Waals surface area contributed by atoms with Gasteiger partial charge in [0.15, 0.2) is 0 Å². The number of methoxy groups -OCH3 is 1. The average Bonchev–Trinajstić information content (AvgIpc) is 3.03. The number of rotatable bonds is 3. The number of hydrogen-bond acceptors (Lipinski definition) is 3. The van der Waals surface area contributed by atoms with Gasteiger partial charge < -0.3 is 14.2 Å². The van der Waals surface area contributed by atoms with E-state index in [2.05, 4.69) is 69.0 Å². The van der Waals surface area contributed by atoms with Gasteiger partial charge in [0.25, 0.3) is 0 Å². The maximum atomic E-state index is 14.7. The van der Waals surface area contributed by atoms with E-state index in [4.69, 9.17) is 4.74 Å². The maximum absolute atomic E-state index is 14.7. The molecule has 1 heterocycles. The number of hydrogen-bond donors (Lipinski definition) is 0. The topological polar surface area (TPSA) is 29.5 Å². The van der Waals surface area contributed by atoms with Crippen molar-refractivity contribution in [3.8, 4) is 16.9 Å². The highest BCUT2D eigenvalue weighted by Gasteiger charge is 2.48. The van der Waals surface area contributed by atoms with Crippen LogP contribution in [0.4, 0.5) is 11.4 Å². The Balaban J connectivity index is 2.05. The maximum Gasteiger partial charge on any atom is 0.141 e. The second-order valence-electron chi connectivity index (χ2n) is 8.64. The molecular weight excluding hydrogens is 377 g/mol. The van der Waals surface area contributed by atoms with E-state index in [1.165, 1.54) is 0 Å². The smallest absolute Gasteiger partial charge is 0.141 e. The molecule has 0 saturated heterocycles. The van der Waals surface area contributed by atoms with Gasteiger partial charge in [0.1, 0.15) is 12.9 Å². The van der Waals surface area contributed by atoms with E-state index < -0.39 is 7.14 Å². The Kier molecular flexibility index (Phi) is 4.83. The molecule has 29 heavy (non-hydrogen) atoms. The predicted octanol–water partition coefficient (Wildman–Crippen LogP) is 6.57. The number of aryl methyl sites for hydroxylation is 1. The van der Waals surface area contributed by atoms with E-state index >= 15 is 0 Å². The van der Waals surface area contributed by atoms with Crippen molar-refractivity contribution in [3.63, 3.8) is 0 Å². The van der Waals surface area contributed by atoms with Crippen LogP contribution in [0.25, 0.3) is 11.1 Å². The van der Waals surface area contributed by atoms with E-state index in [0.29, 0.717) is 6.29 Å². The van der Waals surface area contributed by atoms with Crippen molar-refractivity contribution in [2.45, 2.75) is 32.9 Å². The van der Waals surface area contributed by atoms with Crippen LogP contribution in [0.3, 0.4) is 0 Å². The molecule has 4 rings (SSSR count). The number of para-hydroxylation sites is 1. The largest absolute Gasteiger partial charge is 0.496 e. The van der Waals surface area contributed by atoms with Gasteiger partial charge in [-0.25, -0.2) is 0 Å². The van der Waals surface area contributed by atoms with Crippen LogP contribution in [0.2, 0.25) is 0 Å². The molecule has 0 radical (unpaired) electrons. The summed E-state index contributed by atoms with van der Waals surface area (Å²) in [6.07, 6.45) is 0.515. The number of anilines is 2. The molecule has 1 aliphatic rings. The van der Waals surface area contributed by atoms with Gasteiger partial charge in [-0.05, 0) is 42.3 Å². The summed E-state index contributed by atoms with van der Waals surface area (Å²) in [6, 6.07) is 22.6. The van der Waals surface area contributed by atoms with Crippen LogP contribution >= 0.6 is 7.14 Å². The first-order valence-corrected chi connectivity index (χ1v) is 11.9. The number of benzene rings is 3. The van der Waals surface area contributed by atoms with Crippen LogP contribution in [0.1, 0.15) is 26.3 Å². The summed E-state index contributed by atoms with van der Waals surface area (Å²) >= 11 is 0. The van der Waals surface area contributed by atoms with Gasteiger partial charge in [-0.2, -0.15) is 0 Å². The lowest BCUT2D eigenvalue weighted by Gasteiger charge is -2.30. The van der Waals surface area contributed by atoms with Crippen LogP contribution < -0.4 is 14.9 Å². The fourth-order valence-corrected chi connectivity index (χ4v) is 7.30. The lowest BCUT2D eigenvalue weighted by Crippen LogP contribution is -2.24. The molecule has 0 bridgehead atoms. The summed E-state index contributed by atoms with van der Waals surface area (Å²) in [5.41, 5.74) is 5.29. The van der Waals surface area contributed by atoms with Gasteiger partial charge in [0.05, 0.1) is 19.1 Å². The standard InChI is InChI=1S/C25H28NO2P/c1-18-11-9-16-22(28-5)23(18)20-14-10-15-21-24(20)29(27,25(2,3)4)17-26(21)19-12-7-6-8-13-19/h6-16H,17H2,1-5H3. The molecular formula is C25H28NO2P. The van der Waals surface area contributed by atoms with Crippen LogP contribution in [0.5, 0.6) is 5.75 Å². The Morgan fingerprint density at radius 2 is 1.62 bits per heavy atom. The molecule has 1 unspecified atom stereocenters. The molecule has 0 N–H and O–H groups in total. The molecule has 3 aromatic rings. The summed E-state index contributed by atoms with van der Waals surface area (Å²) in [5, 5.41) is 0.626. The van der Waals surface area contributed by atoms with Crippen molar-refractivity contribution in [1.82, 2.24) is 0 Å². The fraction of sp³-hybridized carbons (Fsp3) is 0.280. The second-order valence-corrected chi connectivity index (χ2v) is 12.2. The number of fused-ring (bicyclic) bond motifs is 1. The van der Waals surface area contributed by atoms with Crippen LogP contribution in [0.15, 0.2) is 66.7 Å². The first kappa shape index (κ1) is 19.8.